The van der Waals surface area contributed by atoms with Gasteiger partial charge in [-0.2, -0.15) is 0 Å². The second-order valence-corrected chi connectivity index (χ2v) is 7.55. The van der Waals surface area contributed by atoms with E-state index >= 15 is 0 Å². The number of aromatic nitrogens is 2. The number of ether oxygens (including phenoxy) is 1. The molecule has 2 heterocycles. The molecule has 0 fully saturated rings. The van der Waals surface area contributed by atoms with Crippen molar-refractivity contribution in [2.75, 3.05) is 5.32 Å². The Morgan fingerprint density at radius 1 is 1.19 bits per heavy atom. The molecule has 1 aromatic heterocycles. The Kier molecular flexibility index (Phi) is 3.88. The minimum atomic E-state index is -0.794. The van der Waals surface area contributed by atoms with E-state index in [-0.39, 0.29) is 17.6 Å². The van der Waals surface area contributed by atoms with Gasteiger partial charge in [-0.1, -0.05) is 49.4 Å². The number of anilines is 1. The average Bonchev–Trinajstić information content (AvgIpc) is 3.12. The van der Waals surface area contributed by atoms with Crippen LogP contribution in [-0.2, 0) is 4.79 Å². The Morgan fingerprint density at radius 2 is 1.96 bits per heavy atom. The summed E-state index contributed by atoms with van der Waals surface area (Å²) < 4.78 is 5.96. The van der Waals surface area contributed by atoms with Crippen LogP contribution in [0.3, 0.4) is 0 Å². The van der Waals surface area contributed by atoms with Gasteiger partial charge in [0, 0.05) is 23.1 Å². The number of carbonyl (C=O) groups is 1. The van der Waals surface area contributed by atoms with E-state index in [0.717, 1.165) is 11.1 Å². The molecule has 0 bridgehead atoms. The van der Waals surface area contributed by atoms with Crippen LogP contribution in [0.1, 0.15) is 30.9 Å². The Hall–Kier alpha value is -2.93. The lowest BCUT2D eigenvalue weighted by molar-refractivity contribution is -0.124. The van der Waals surface area contributed by atoms with Crippen molar-refractivity contribution in [3.63, 3.8) is 0 Å². The average molecular weight is 367 g/mol. The molecule has 1 atom stereocenters. The largest absolute Gasteiger partial charge is 0.508 e. The lowest BCUT2D eigenvalue weighted by Crippen LogP contribution is -2.38. The molecule has 2 N–H and O–H groups in total. The highest BCUT2D eigenvalue weighted by molar-refractivity contribution is 7.13. The molecule has 1 aliphatic heterocycles. The molecule has 0 unspecified atom stereocenters. The van der Waals surface area contributed by atoms with Gasteiger partial charge in [0.2, 0.25) is 11.0 Å². The van der Waals surface area contributed by atoms with Crippen LogP contribution in [0.2, 0.25) is 0 Å². The van der Waals surface area contributed by atoms with E-state index in [0.29, 0.717) is 16.6 Å². The van der Waals surface area contributed by atoms with Crippen molar-refractivity contribution < 1.29 is 14.6 Å². The molecule has 3 aromatic rings. The molecule has 0 saturated heterocycles. The highest BCUT2D eigenvalue weighted by Crippen LogP contribution is 2.52. The molecule has 132 valence electrons. The van der Waals surface area contributed by atoms with E-state index in [1.54, 1.807) is 17.6 Å². The molecule has 0 saturated carbocycles. The lowest BCUT2D eigenvalue weighted by atomic mass is 9.69. The highest BCUT2D eigenvalue weighted by atomic mass is 32.1. The van der Waals surface area contributed by atoms with Crippen LogP contribution in [0.25, 0.3) is 0 Å². The summed E-state index contributed by atoms with van der Waals surface area (Å²) in [7, 11) is 0. The maximum Gasteiger partial charge on any atom is 0.232 e. The van der Waals surface area contributed by atoms with Crippen molar-refractivity contribution in [2.24, 2.45) is 5.41 Å². The fraction of sp³-hybridized carbons (Fsp3) is 0.211. The maximum atomic E-state index is 13.1. The van der Waals surface area contributed by atoms with Gasteiger partial charge in [0.25, 0.3) is 0 Å². The van der Waals surface area contributed by atoms with Crippen LogP contribution in [0.5, 0.6) is 17.2 Å². The molecule has 26 heavy (non-hydrogen) atoms. The number of aromatic hydroxyl groups is 1. The Bertz CT molecular complexity index is 970. The first-order chi connectivity index (χ1) is 12.5. The van der Waals surface area contributed by atoms with Gasteiger partial charge >= 0.3 is 0 Å². The summed E-state index contributed by atoms with van der Waals surface area (Å²) in [4.78, 5) is 13.1. The summed E-state index contributed by atoms with van der Waals surface area (Å²) in [5.74, 6) is 0.974. The molecular formula is C19H17N3O3S. The number of amides is 1. The predicted molar refractivity (Wildman–Crippen MR) is 98.8 cm³/mol. The zero-order chi connectivity index (χ0) is 18.3. The van der Waals surface area contributed by atoms with Crippen LogP contribution in [0, 0.1) is 5.41 Å². The van der Waals surface area contributed by atoms with Crippen molar-refractivity contribution in [1.29, 1.82) is 0 Å². The number of para-hydroxylation sites is 1. The van der Waals surface area contributed by atoms with Gasteiger partial charge in [-0.15, -0.1) is 10.2 Å². The standard InChI is InChI=1S/C19H17N3O3S/c1-19(2,17(24)21-18-22-20-10-26-18)16-12-5-3-4-6-14(12)25-15-9-11(23)7-8-13(15)16/h3-10,16,23H,1-2H3,(H,21,22,24)/t16-/m1/s1. The molecular weight excluding hydrogens is 350 g/mol. The van der Waals surface area contributed by atoms with E-state index in [4.69, 9.17) is 4.74 Å². The van der Waals surface area contributed by atoms with E-state index in [1.807, 2.05) is 44.2 Å². The van der Waals surface area contributed by atoms with Crippen LogP contribution < -0.4 is 10.1 Å². The third-order valence-corrected chi connectivity index (χ3v) is 5.25. The monoisotopic (exact) mass is 367 g/mol. The van der Waals surface area contributed by atoms with Crippen molar-refractivity contribution in [3.8, 4) is 17.2 Å². The Morgan fingerprint density at radius 3 is 2.73 bits per heavy atom. The number of hydrogen-bond donors (Lipinski definition) is 2. The van der Waals surface area contributed by atoms with Crippen molar-refractivity contribution in [3.05, 3.63) is 59.1 Å². The minimum Gasteiger partial charge on any atom is -0.508 e. The number of nitrogens with zero attached hydrogens (tertiary/aromatic N) is 2. The van der Waals surface area contributed by atoms with Gasteiger partial charge in [0.1, 0.15) is 22.8 Å². The van der Waals surface area contributed by atoms with Gasteiger partial charge in [0.05, 0.1) is 5.41 Å². The summed E-state index contributed by atoms with van der Waals surface area (Å²) in [5.41, 5.74) is 2.57. The Balaban J connectivity index is 1.80. The topological polar surface area (TPSA) is 84.3 Å². The lowest BCUT2D eigenvalue weighted by Gasteiger charge is -2.38. The summed E-state index contributed by atoms with van der Waals surface area (Å²) in [6, 6.07) is 12.7. The van der Waals surface area contributed by atoms with Gasteiger partial charge in [-0.3, -0.25) is 4.79 Å². The van der Waals surface area contributed by atoms with E-state index in [1.165, 1.54) is 11.3 Å². The Labute approximate surface area is 154 Å². The number of phenolic OH excluding ortho intramolecular Hbond substituents is 1. The van der Waals surface area contributed by atoms with Gasteiger partial charge < -0.3 is 15.2 Å². The molecule has 1 aliphatic rings. The summed E-state index contributed by atoms with van der Waals surface area (Å²) in [6.45, 7) is 3.79. The predicted octanol–water partition coefficient (Wildman–Crippen LogP) is 4.15. The number of fused-ring (bicyclic) bond motifs is 2. The van der Waals surface area contributed by atoms with Crippen LogP contribution in [0.15, 0.2) is 48.0 Å². The normalized spacial score (nSPS) is 15.5. The quantitative estimate of drug-likeness (QED) is 0.727. The van der Waals surface area contributed by atoms with Crippen LogP contribution in [-0.4, -0.2) is 21.2 Å². The summed E-state index contributed by atoms with van der Waals surface area (Å²) >= 11 is 1.28. The second-order valence-electron chi connectivity index (χ2n) is 6.71. The molecule has 2 aromatic carbocycles. The van der Waals surface area contributed by atoms with Gasteiger partial charge in [-0.25, -0.2) is 0 Å². The molecule has 0 radical (unpaired) electrons. The van der Waals surface area contributed by atoms with Crippen molar-refractivity contribution >= 4 is 22.4 Å². The highest BCUT2D eigenvalue weighted by Gasteiger charge is 2.43. The molecule has 0 aliphatic carbocycles. The second kappa shape index (κ2) is 6.10. The SMILES string of the molecule is CC(C)(C(=O)Nc1nncs1)[C@@H]1c2ccccc2Oc2cc(O)ccc21. The molecule has 0 spiro atoms. The third-order valence-electron chi connectivity index (χ3n) is 4.65. The van der Waals surface area contributed by atoms with Crippen molar-refractivity contribution in [2.45, 2.75) is 19.8 Å². The fourth-order valence-corrected chi connectivity index (χ4v) is 3.78. The number of carbonyl (C=O) groups excluding carboxylic acids is 1. The maximum absolute atomic E-state index is 13.1. The number of nitrogens with one attached hydrogen (secondary N) is 1. The van der Waals surface area contributed by atoms with Gasteiger partial charge in [-0.05, 0) is 12.1 Å². The van der Waals surface area contributed by atoms with Crippen LogP contribution >= 0.6 is 11.3 Å². The molecule has 4 rings (SSSR count). The number of benzene rings is 2. The van der Waals surface area contributed by atoms with Gasteiger partial charge in [0.15, 0.2) is 0 Å². The molecule has 7 heteroatoms. The van der Waals surface area contributed by atoms with E-state index in [2.05, 4.69) is 15.5 Å². The summed E-state index contributed by atoms with van der Waals surface area (Å²) in [5, 5.41) is 20.8. The summed E-state index contributed by atoms with van der Waals surface area (Å²) in [6.07, 6.45) is 0. The molecule has 1 amide bonds. The number of phenols is 1. The van der Waals surface area contributed by atoms with E-state index in [9.17, 15) is 9.90 Å². The fourth-order valence-electron chi connectivity index (χ4n) is 3.34. The zero-order valence-corrected chi connectivity index (χ0v) is 15.1. The first kappa shape index (κ1) is 16.5. The van der Waals surface area contributed by atoms with Crippen LogP contribution in [0.4, 0.5) is 5.13 Å². The first-order valence-corrected chi connectivity index (χ1v) is 9.02. The third kappa shape index (κ3) is 2.70. The van der Waals surface area contributed by atoms with E-state index < -0.39 is 5.41 Å². The zero-order valence-electron chi connectivity index (χ0n) is 14.3. The molecule has 6 nitrogen and oxygen atoms in total. The number of hydrogen-bond acceptors (Lipinski definition) is 6. The number of rotatable bonds is 3. The van der Waals surface area contributed by atoms with Crippen molar-refractivity contribution in [1.82, 2.24) is 10.2 Å². The smallest absolute Gasteiger partial charge is 0.232 e. The first-order valence-electron chi connectivity index (χ1n) is 8.14. The minimum absolute atomic E-state index is 0.123.